The standard InChI is InChI=1S/C25H26I2O2/c26-17-19-28-24(20-27)16-18-29-25(21-10-4-1-5-11-21,22-12-6-2-7-13-22)23-14-8-3-9-15-23/h1-15,24H,16-20H2. The fraction of sp³-hybridized carbons (Fsp3) is 0.280. The number of halogens is 2. The molecule has 1 atom stereocenters. The van der Waals surface area contributed by atoms with Crippen LogP contribution in [0.25, 0.3) is 0 Å². The zero-order chi connectivity index (χ0) is 20.4. The van der Waals surface area contributed by atoms with E-state index in [1.165, 1.54) is 0 Å². The van der Waals surface area contributed by atoms with E-state index in [1.807, 2.05) is 18.2 Å². The predicted molar refractivity (Wildman–Crippen MR) is 137 cm³/mol. The summed E-state index contributed by atoms with van der Waals surface area (Å²) in [4.78, 5) is 0. The van der Waals surface area contributed by atoms with Crippen molar-refractivity contribution in [3.8, 4) is 0 Å². The first-order valence-electron chi connectivity index (χ1n) is 9.85. The number of alkyl halides is 2. The average Bonchev–Trinajstić information content (AvgIpc) is 2.80. The molecular weight excluding hydrogens is 586 g/mol. The first-order valence-corrected chi connectivity index (χ1v) is 12.9. The first kappa shape index (κ1) is 22.7. The van der Waals surface area contributed by atoms with Crippen molar-refractivity contribution >= 4 is 45.2 Å². The van der Waals surface area contributed by atoms with Crippen molar-refractivity contribution in [2.24, 2.45) is 0 Å². The molecule has 0 amide bonds. The van der Waals surface area contributed by atoms with Gasteiger partial charge < -0.3 is 9.47 Å². The molecule has 0 fully saturated rings. The van der Waals surface area contributed by atoms with Gasteiger partial charge in [-0.1, -0.05) is 136 Å². The summed E-state index contributed by atoms with van der Waals surface area (Å²) in [7, 11) is 0. The van der Waals surface area contributed by atoms with E-state index < -0.39 is 5.60 Å². The number of hydrogen-bond acceptors (Lipinski definition) is 2. The molecule has 0 N–H and O–H groups in total. The van der Waals surface area contributed by atoms with Crippen LogP contribution >= 0.6 is 45.2 Å². The molecule has 0 aliphatic carbocycles. The molecule has 0 aliphatic heterocycles. The normalized spacial score (nSPS) is 12.6. The molecule has 0 bridgehead atoms. The van der Waals surface area contributed by atoms with E-state index in [0.717, 1.165) is 38.6 Å². The molecule has 1 unspecified atom stereocenters. The lowest BCUT2D eigenvalue weighted by molar-refractivity contribution is -0.0142. The fourth-order valence-corrected chi connectivity index (χ4v) is 4.48. The zero-order valence-electron chi connectivity index (χ0n) is 16.3. The lowest BCUT2D eigenvalue weighted by Gasteiger charge is -2.36. The van der Waals surface area contributed by atoms with Crippen LogP contribution in [0.2, 0.25) is 0 Å². The second kappa shape index (κ2) is 12.0. The van der Waals surface area contributed by atoms with Crippen LogP contribution in [0.4, 0.5) is 0 Å². The van der Waals surface area contributed by atoms with Crippen LogP contribution in [0.15, 0.2) is 91.0 Å². The van der Waals surface area contributed by atoms with E-state index in [1.54, 1.807) is 0 Å². The van der Waals surface area contributed by atoms with Gasteiger partial charge in [-0.15, -0.1) is 0 Å². The summed E-state index contributed by atoms with van der Waals surface area (Å²) in [6.07, 6.45) is 1.08. The van der Waals surface area contributed by atoms with Crippen molar-refractivity contribution in [2.75, 3.05) is 22.1 Å². The maximum atomic E-state index is 6.82. The molecule has 0 spiro atoms. The minimum absolute atomic E-state index is 0.213. The molecule has 3 rings (SSSR count). The summed E-state index contributed by atoms with van der Waals surface area (Å²) in [6.45, 7) is 1.41. The van der Waals surface area contributed by atoms with E-state index in [4.69, 9.17) is 9.47 Å². The van der Waals surface area contributed by atoms with Gasteiger partial charge in [-0.05, 0) is 23.1 Å². The smallest absolute Gasteiger partial charge is 0.143 e. The van der Waals surface area contributed by atoms with E-state index in [2.05, 4.69) is 118 Å². The molecule has 4 heteroatoms. The quantitative estimate of drug-likeness (QED) is 0.137. The van der Waals surface area contributed by atoms with Crippen LogP contribution in [0.3, 0.4) is 0 Å². The summed E-state index contributed by atoms with van der Waals surface area (Å²) < 4.78 is 14.8. The molecule has 29 heavy (non-hydrogen) atoms. The predicted octanol–water partition coefficient (Wildman–Crippen LogP) is 6.64. The number of ether oxygens (including phenoxy) is 2. The molecule has 152 valence electrons. The SMILES string of the molecule is ICCOC(CI)CCOC(c1ccccc1)(c1ccccc1)c1ccccc1. The average molecular weight is 612 g/mol. The second-order valence-electron chi connectivity index (χ2n) is 6.75. The van der Waals surface area contributed by atoms with Crippen molar-refractivity contribution in [3.63, 3.8) is 0 Å². The van der Waals surface area contributed by atoms with Gasteiger partial charge in [0.2, 0.25) is 0 Å². The van der Waals surface area contributed by atoms with Crippen LogP contribution in [-0.4, -0.2) is 28.2 Å². The Balaban J connectivity index is 1.99. The molecule has 0 heterocycles. The maximum absolute atomic E-state index is 6.82. The Morgan fingerprint density at radius 1 is 0.655 bits per heavy atom. The van der Waals surface area contributed by atoms with Gasteiger partial charge >= 0.3 is 0 Å². The zero-order valence-corrected chi connectivity index (χ0v) is 20.7. The van der Waals surface area contributed by atoms with Gasteiger partial charge in [0.25, 0.3) is 0 Å². The number of benzene rings is 3. The topological polar surface area (TPSA) is 18.5 Å². The minimum atomic E-state index is -0.650. The van der Waals surface area contributed by atoms with E-state index in [0.29, 0.717) is 6.61 Å². The van der Waals surface area contributed by atoms with E-state index in [-0.39, 0.29) is 6.10 Å². The third-order valence-electron chi connectivity index (χ3n) is 4.90. The molecule has 0 aliphatic rings. The van der Waals surface area contributed by atoms with Crippen molar-refractivity contribution in [1.82, 2.24) is 0 Å². The summed E-state index contributed by atoms with van der Waals surface area (Å²) in [5, 5.41) is 0. The highest BCUT2D eigenvalue weighted by Crippen LogP contribution is 2.40. The van der Waals surface area contributed by atoms with Crippen LogP contribution in [0.5, 0.6) is 0 Å². The van der Waals surface area contributed by atoms with Crippen LogP contribution in [0.1, 0.15) is 23.1 Å². The van der Waals surface area contributed by atoms with Crippen molar-refractivity contribution in [2.45, 2.75) is 18.1 Å². The summed E-state index contributed by atoms with van der Waals surface area (Å²) in [5.74, 6) is 0. The van der Waals surface area contributed by atoms with Gasteiger partial charge in [0.15, 0.2) is 0 Å². The molecule has 0 saturated carbocycles. The Bertz CT molecular complexity index is 729. The summed E-state index contributed by atoms with van der Waals surface area (Å²) in [6, 6.07) is 31.6. The molecule has 0 aromatic heterocycles. The summed E-state index contributed by atoms with van der Waals surface area (Å²) >= 11 is 4.75. The Kier molecular flexibility index (Phi) is 9.42. The van der Waals surface area contributed by atoms with Crippen LogP contribution < -0.4 is 0 Å². The highest BCUT2D eigenvalue weighted by Gasteiger charge is 2.37. The van der Waals surface area contributed by atoms with Crippen LogP contribution in [-0.2, 0) is 15.1 Å². The van der Waals surface area contributed by atoms with Crippen molar-refractivity contribution in [3.05, 3.63) is 108 Å². The van der Waals surface area contributed by atoms with Crippen molar-refractivity contribution in [1.29, 1.82) is 0 Å². The molecule has 3 aromatic carbocycles. The van der Waals surface area contributed by atoms with Crippen LogP contribution in [0, 0.1) is 0 Å². The van der Waals surface area contributed by atoms with E-state index in [9.17, 15) is 0 Å². The Hall–Kier alpha value is -0.960. The Morgan fingerprint density at radius 2 is 1.10 bits per heavy atom. The fourth-order valence-electron chi connectivity index (χ4n) is 3.53. The number of hydrogen-bond donors (Lipinski definition) is 0. The van der Waals surface area contributed by atoms with Crippen molar-refractivity contribution < 1.29 is 9.47 Å². The highest BCUT2D eigenvalue weighted by molar-refractivity contribution is 14.1. The lowest BCUT2D eigenvalue weighted by atomic mass is 9.80. The second-order valence-corrected chi connectivity index (χ2v) is 8.71. The number of rotatable bonds is 11. The van der Waals surface area contributed by atoms with Gasteiger partial charge in [-0.3, -0.25) is 0 Å². The Labute approximate surface area is 201 Å². The largest absolute Gasteiger partial charge is 0.377 e. The Morgan fingerprint density at radius 3 is 1.48 bits per heavy atom. The maximum Gasteiger partial charge on any atom is 0.143 e. The third kappa shape index (κ3) is 5.81. The lowest BCUT2D eigenvalue weighted by Crippen LogP contribution is -2.34. The van der Waals surface area contributed by atoms with Gasteiger partial charge in [-0.25, -0.2) is 0 Å². The first-order chi connectivity index (χ1) is 14.3. The van der Waals surface area contributed by atoms with Gasteiger partial charge in [0.1, 0.15) is 5.60 Å². The molecule has 0 saturated heterocycles. The monoisotopic (exact) mass is 612 g/mol. The van der Waals surface area contributed by atoms with E-state index >= 15 is 0 Å². The minimum Gasteiger partial charge on any atom is -0.377 e. The summed E-state index contributed by atoms with van der Waals surface area (Å²) in [5.41, 5.74) is 2.76. The molecule has 3 aromatic rings. The molecular formula is C25H26I2O2. The molecule has 2 nitrogen and oxygen atoms in total. The highest BCUT2D eigenvalue weighted by atomic mass is 127. The third-order valence-corrected chi connectivity index (χ3v) is 6.32. The van der Waals surface area contributed by atoms with Gasteiger partial charge in [0.05, 0.1) is 19.3 Å². The molecule has 0 radical (unpaired) electrons. The van der Waals surface area contributed by atoms with Gasteiger partial charge in [-0.2, -0.15) is 0 Å². The van der Waals surface area contributed by atoms with Gasteiger partial charge in [0, 0.05) is 8.86 Å².